The molecule has 1 aliphatic rings. The van der Waals surface area contributed by atoms with Crippen molar-refractivity contribution in [2.45, 2.75) is 38.1 Å². The van der Waals surface area contributed by atoms with Gasteiger partial charge in [-0.2, -0.15) is 0 Å². The van der Waals surface area contributed by atoms with Gasteiger partial charge in [0.1, 0.15) is 0 Å². The summed E-state index contributed by atoms with van der Waals surface area (Å²) in [7, 11) is 3.14. The summed E-state index contributed by atoms with van der Waals surface area (Å²) in [6.07, 6.45) is 8.75. The third-order valence-corrected chi connectivity index (χ3v) is 5.17. The van der Waals surface area contributed by atoms with Crippen LogP contribution in [0.2, 0.25) is 0 Å². The number of benzene rings is 2. The maximum atomic E-state index is 12.5. The fourth-order valence-electron chi connectivity index (χ4n) is 3.57. The van der Waals surface area contributed by atoms with Gasteiger partial charge in [-0.15, -0.1) is 0 Å². The van der Waals surface area contributed by atoms with E-state index in [1.54, 1.807) is 56.7 Å². The first-order chi connectivity index (χ1) is 14.6. The molecule has 0 heterocycles. The quantitative estimate of drug-likeness (QED) is 0.665. The van der Waals surface area contributed by atoms with Crippen molar-refractivity contribution in [3.63, 3.8) is 0 Å². The molecule has 0 saturated heterocycles. The summed E-state index contributed by atoms with van der Waals surface area (Å²) in [5, 5.41) is 5.90. The van der Waals surface area contributed by atoms with E-state index in [4.69, 9.17) is 9.47 Å². The molecule has 2 amide bonds. The van der Waals surface area contributed by atoms with Crippen LogP contribution >= 0.6 is 0 Å². The van der Waals surface area contributed by atoms with Crippen LogP contribution in [-0.4, -0.2) is 32.1 Å². The molecule has 6 heteroatoms. The largest absolute Gasteiger partial charge is 0.493 e. The molecule has 158 valence electrons. The molecule has 0 radical (unpaired) electrons. The first-order valence-electron chi connectivity index (χ1n) is 10.2. The maximum absolute atomic E-state index is 12.5. The van der Waals surface area contributed by atoms with Crippen LogP contribution < -0.4 is 20.1 Å². The fourth-order valence-corrected chi connectivity index (χ4v) is 3.57. The number of hydrogen-bond acceptors (Lipinski definition) is 4. The van der Waals surface area contributed by atoms with E-state index in [1.807, 2.05) is 6.07 Å². The van der Waals surface area contributed by atoms with Crippen LogP contribution in [0.1, 0.15) is 48.0 Å². The molecule has 0 bridgehead atoms. The zero-order valence-electron chi connectivity index (χ0n) is 17.4. The number of hydrogen-bond donors (Lipinski definition) is 2. The van der Waals surface area contributed by atoms with Gasteiger partial charge >= 0.3 is 0 Å². The predicted octanol–water partition coefficient (Wildman–Crippen LogP) is 4.42. The van der Waals surface area contributed by atoms with E-state index >= 15 is 0 Å². The number of carbonyl (C=O) groups excluding carboxylic acids is 2. The number of rotatable bonds is 7. The fraction of sp³-hybridized carbons (Fsp3) is 0.333. The summed E-state index contributed by atoms with van der Waals surface area (Å²) in [4.78, 5) is 24.8. The molecule has 0 aromatic heterocycles. The molecular weight excluding hydrogens is 380 g/mol. The highest BCUT2D eigenvalue weighted by Gasteiger charge is 2.16. The Labute approximate surface area is 177 Å². The summed E-state index contributed by atoms with van der Waals surface area (Å²) in [6.45, 7) is 0. The number of carbonyl (C=O) groups is 2. The van der Waals surface area contributed by atoms with Crippen LogP contribution in [0.4, 0.5) is 5.69 Å². The molecule has 30 heavy (non-hydrogen) atoms. The molecule has 0 atom stereocenters. The molecule has 2 aromatic carbocycles. The number of methoxy groups -OCH3 is 2. The maximum Gasteiger partial charge on any atom is 0.251 e. The molecule has 1 saturated carbocycles. The Morgan fingerprint density at radius 3 is 2.47 bits per heavy atom. The monoisotopic (exact) mass is 408 g/mol. The highest BCUT2D eigenvalue weighted by Crippen LogP contribution is 2.28. The van der Waals surface area contributed by atoms with Gasteiger partial charge in [0, 0.05) is 23.4 Å². The Kier molecular flexibility index (Phi) is 7.49. The van der Waals surface area contributed by atoms with Crippen molar-refractivity contribution in [1.29, 1.82) is 0 Å². The average molecular weight is 408 g/mol. The Balaban J connectivity index is 1.60. The third-order valence-electron chi connectivity index (χ3n) is 5.17. The average Bonchev–Trinajstić information content (AvgIpc) is 2.78. The van der Waals surface area contributed by atoms with Gasteiger partial charge in [0.2, 0.25) is 5.91 Å². The van der Waals surface area contributed by atoms with E-state index in [0.717, 1.165) is 31.2 Å². The highest BCUT2D eigenvalue weighted by molar-refractivity contribution is 6.03. The standard InChI is InChI=1S/C24H28N2O4/c1-29-21-13-11-17(15-22(21)30-2)12-14-23(27)25-20-10-6-7-18(16-20)24(28)26-19-8-4-3-5-9-19/h6-7,10-16,19H,3-5,8-9H2,1-2H3,(H,25,27)(H,26,28)/b14-12+. The minimum atomic E-state index is -0.283. The summed E-state index contributed by atoms with van der Waals surface area (Å²) >= 11 is 0. The number of anilines is 1. The Bertz CT molecular complexity index is 917. The highest BCUT2D eigenvalue weighted by atomic mass is 16.5. The Morgan fingerprint density at radius 1 is 0.967 bits per heavy atom. The molecule has 0 aliphatic heterocycles. The molecule has 1 aliphatic carbocycles. The molecule has 3 rings (SSSR count). The lowest BCUT2D eigenvalue weighted by Crippen LogP contribution is -2.36. The summed E-state index contributed by atoms with van der Waals surface area (Å²) < 4.78 is 10.5. The van der Waals surface area contributed by atoms with E-state index in [1.165, 1.54) is 12.5 Å². The zero-order valence-corrected chi connectivity index (χ0v) is 17.4. The second-order valence-electron chi connectivity index (χ2n) is 7.33. The predicted molar refractivity (Wildman–Crippen MR) is 118 cm³/mol. The lowest BCUT2D eigenvalue weighted by atomic mass is 9.95. The summed E-state index contributed by atoms with van der Waals surface area (Å²) in [5.41, 5.74) is 1.93. The second kappa shape index (κ2) is 10.5. The number of amides is 2. The van der Waals surface area contributed by atoms with Gasteiger partial charge in [-0.1, -0.05) is 31.4 Å². The van der Waals surface area contributed by atoms with Crippen LogP contribution in [0, 0.1) is 0 Å². The van der Waals surface area contributed by atoms with Crippen molar-refractivity contribution in [2.75, 3.05) is 19.5 Å². The van der Waals surface area contributed by atoms with Crippen molar-refractivity contribution in [3.8, 4) is 11.5 Å². The van der Waals surface area contributed by atoms with Crippen molar-refractivity contribution in [1.82, 2.24) is 5.32 Å². The molecule has 0 spiro atoms. The SMILES string of the molecule is COc1ccc(/C=C/C(=O)Nc2cccc(C(=O)NC3CCCCC3)c2)cc1OC. The normalized spacial score (nSPS) is 14.3. The van der Waals surface area contributed by atoms with Gasteiger partial charge in [-0.25, -0.2) is 0 Å². The Morgan fingerprint density at radius 2 is 1.73 bits per heavy atom. The molecule has 2 aromatic rings. The van der Waals surface area contributed by atoms with Crippen LogP contribution in [0.5, 0.6) is 11.5 Å². The second-order valence-corrected chi connectivity index (χ2v) is 7.33. The van der Waals surface area contributed by atoms with Crippen LogP contribution in [0.3, 0.4) is 0 Å². The Hall–Kier alpha value is -3.28. The van der Waals surface area contributed by atoms with Gasteiger partial charge < -0.3 is 20.1 Å². The molecule has 2 N–H and O–H groups in total. The van der Waals surface area contributed by atoms with Crippen LogP contribution in [0.15, 0.2) is 48.5 Å². The third kappa shape index (κ3) is 5.86. The van der Waals surface area contributed by atoms with E-state index in [9.17, 15) is 9.59 Å². The van der Waals surface area contributed by atoms with Gasteiger partial charge in [0.25, 0.3) is 5.91 Å². The lowest BCUT2D eigenvalue weighted by molar-refractivity contribution is -0.111. The first-order valence-corrected chi connectivity index (χ1v) is 10.2. The summed E-state index contributed by atoms with van der Waals surface area (Å²) in [5.74, 6) is 0.840. The zero-order chi connectivity index (χ0) is 21.3. The van der Waals surface area contributed by atoms with Crippen molar-refractivity contribution < 1.29 is 19.1 Å². The van der Waals surface area contributed by atoms with Crippen molar-refractivity contribution in [3.05, 3.63) is 59.7 Å². The van der Waals surface area contributed by atoms with Crippen molar-refractivity contribution >= 4 is 23.6 Å². The smallest absolute Gasteiger partial charge is 0.251 e. The van der Waals surface area contributed by atoms with Crippen LogP contribution in [-0.2, 0) is 4.79 Å². The van der Waals surface area contributed by atoms with Gasteiger partial charge in [0.05, 0.1) is 14.2 Å². The van der Waals surface area contributed by atoms with E-state index in [-0.39, 0.29) is 17.9 Å². The first kappa shape index (κ1) is 21.4. The van der Waals surface area contributed by atoms with E-state index in [0.29, 0.717) is 22.7 Å². The molecule has 0 unspecified atom stereocenters. The van der Waals surface area contributed by atoms with Gasteiger partial charge in [0.15, 0.2) is 11.5 Å². The minimum Gasteiger partial charge on any atom is -0.493 e. The molecule has 6 nitrogen and oxygen atoms in total. The van der Waals surface area contributed by atoms with Crippen molar-refractivity contribution in [2.24, 2.45) is 0 Å². The number of ether oxygens (including phenoxy) is 2. The minimum absolute atomic E-state index is 0.0983. The molecular formula is C24H28N2O4. The van der Waals surface area contributed by atoms with Gasteiger partial charge in [-0.3, -0.25) is 9.59 Å². The van der Waals surface area contributed by atoms with E-state index in [2.05, 4.69) is 10.6 Å². The summed E-state index contributed by atoms with van der Waals surface area (Å²) in [6, 6.07) is 12.6. The van der Waals surface area contributed by atoms with Crippen LogP contribution in [0.25, 0.3) is 6.08 Å². The molecule has 1 fully saturated rings. The topological polar surface area (TPSA) is 76.7 Å². The number of nitrogens with one attached hydrogen (secondary N) is 2. The lowest BCUT2D eigenvalue weighted by Gasteiger charge is -2.22. The van der Waals surface area contributed by atoms with E-state index < -0.39 is 0 Å². The van der Waals surface area contributed by atoms with Gasteiger partial charge in [-0.05, 0) is 54.8 Å².